The third-order valence-electron chi connectivity index (χ3n) is 5.66. The molecule has 1 aromatic carbocycles. The van der Waals surface area contributed by atoms with Crippen LogP contribution in [0.5, 0.6) is 0 Å². The Bertz CT molecular complexity index is 413. The Kier molecular flexibility index (Phi) is 3.66. The Morgan fingerprint density at radius 2 is 1.95 bits per heavy atom. The molecular formula is C18H27N. The summed E-state index contributed by atoms with van der Waals surface area (Å²) in [6.07, 6.45) is 9.28. The van der Waals surface area contributed by atoms with E-state index in [-0.39, 0.29) is 5.54 Å². The summed E-state index contributed by atoms with van der Waals surface area (Å²) in [7, 11) is 0. The molecule has 2 aliphatic rings. The Hall–Kier alpha value is -0.820. The van der Waals surface area contributed by atoms with Gasteiger partial charge in [-0.1, -0.05) is 43.7 Å². The molecule has 0 aromatic heterocycles. The van der Waals surface area contributed by atoms with Crippen molar-refractivity contribution in [1.82, 2.24) is 0 Å². The summed E-state index contributed by atoms with van der Waals surface area (Å²) in [6.45, 7) is 2.26. The average molecular weight is 257 g/mol. The van der Waals surface area contributed by atoms with E-state index in [1.165, 1.54) is 37.7 Å². The van der Waals surface area contributed by atoms with Crippen molar-refractivity contribution in [2.24, 2.45) is 23.5 Å². The molecule has 3 rings (SSSR count). The van der Waals surface area contributed by atoms with Crippen LogP contribution in [-0.2, 0) is 6.42 Å². The van der Waals surface area contributed by atoms with Crippen LogP contribution >= 0.6 is 0 Å². The monoisotopic (exact) mass is 257 g/mol. The average Bonchev–Trinajstić information content (AvgIpc) is 3.02. The summed E-state index contributed by atoms with van der Waals surface area (Å²) in [4.78, 5) is 0. The normalized spacial score (nSPS) is 32.4. The summed E-state index contributed by atoms with van der Waals surface area (Å²) < 4.78 is 0. The van der Waals surface area contributed by atoms with Crippen LogP contribution < -0.4 is 5.73 Å². The molecule has 2 saturated carbocycles. The first-order chi connectivity index (χ1) is 9.18. The fourth-order valence-corrected chi connectivity index (χ4v) is 4.49. The molecule has 0 aliphatic heterocycles. The zero-order valence-electron chi connectivity index (χ0n) is 12.1. The maximum absolute atomic E-state index is 6.74. The molecule has 2 N–H and O–H groups in total. The summed E-state index contributed by atoms with van der Waals surface area (Å²) >= 11 is 0. The van der Waals surface area contributed by atoms with Gasteiger partial charge in [0.15, 0.2) is 0 Å². The van der Waals surface area contributed by atoms with Gasteiger partial charge in [0.25, 0.3) is 0 Å². The topological polar surface area (TPSA) is 26.0 Å². The summed E-state index contributed by atoms with van der Waals surface area (Å²) in [5.41, 5.74) is 8.15. The SMILES string of the molecule is CCC(N)(Cc1ccccc1)CC1CC2CCC1C2. The lowest BCUT2D eigenvalue weighted by Gasteiger charge is -2.34. The highest BCUT2D eigenvalue weighted by atomic mass is 14.7. The largest absolute Gasteiger partial charge is 0.325 e. The molecule has 2 aliphatic carbocycles. The molecule has 1 aromatic rings. The maximum Gasteiger partial charge on any atom is 0.0195 e. The zero-order valence-corrected chi connectivity index (χ0v) is 12.1. The van der Waals surface area contributed by atoms with E-state index in [0.29, 0.717) is 0 Å². The molecule has 2 bridgehead atoms. The molecule has 0 heterocycles. The van der Waals surface area contributed by atoms with Gasteiger partial charge in [-0.25, -0.2) is 0 Å². The minimum atomic E-state index is 0.0104. The molecule has 4 atom stereocenters. The van der Waals surface area contributed by atoms with E-state index < -0.39 is 0 Å². The van der Waals surface area contributed by atoms with Crippen LogP contribution in [-0.4, -0.2) is 5.54 Å². The van der Waals surface area contributed by atoms with Gasteiger partial charge >= 0.3 is 0 Å². The van der Waals surface area contributed by atoms with E-state index in [9.17, 15) is 0 Å². The third kappa shape index (κ3) is 2.86. The van der Waals surface area contributed by atoms with Gasteiger partial charge in [0.1, 0.15) is 0 Å². The minimum Gasteiger partial charge on any atom is -0.325 e. The summed E-state index contributed by atoms with van der Waals surface area (Å²) in [5.74, 6) is 2.94. The van der Waals surface area contributed by atoms with Gasteiger partial charge in [-0.3, -0.25) is 0 Å². The molecule has 19 heavy (non-hydrogen) atoms. The first kappa shape index (κ1) is 13.2. The van der Waals surface area contributed by atoms with E-state index >= 15 is 0 Å². The van der Waals surface area contributed by atoms with Gasteiger partial charge in [-0.05, 0) is 61.8 Å². The van der Waals surface area contributed by atoms with E-state index in [1.807, 2.05) is 0 Å². The Balaban J connectivity index is 1.65. The zero-order chi connectivity index (χ0) is 13.3. The van der Waals surface area contributed by atoms with Crippen LogP contribution in [0, 0.1) is 17.8 Å². The Labute approximate surface area is 117 Å². The standard InChI is InChI=1S/C18H27N/c1-2-18(19,12-14-6-4-3-5-7-14)13-17-11-15-8-9-16(17)10-15/h3-7,15-17H,2,8-13,19H2,1H3. The molecule has 104 valence electrons. The van der Waals surface area contributed by atoms with Crippen molar-refractivity contribution in [3.8, 4) is 0 Å². The van der Waals surface area contributed by atoms with Crippen LogP contribution in [0.1, 0.15) is 51.0 Å². The first-order valence-electron chi connectivity index (χ1n) is 8.01. The van der Waals surface area contributed by atoms with Crippen molar-refractivity contribution in [1.29, 1.82) is 0 Å². The predicted octanol–water partition coefficient (Wildman–Crippen LogP) is 4.16. The van der Waals surface area contributed by atoms with Crippen LogP contribution in [0.25, 0.3) is 0 Å². The van der Waals surface area contributed by atoms with E-state index in [2.05, 4.69) is 37.3 Å². The lowest BCUT2D eigenvalue weighted by atomic mass is 9.75. The molecule has 0 spiro atoms. The molecule has 1 heteroatoms. The molecule has 2 fully saturated rings. The Morgan fingerprint density at radius 3 is 2.53 bits per heavy atom. The second-order valence-corrected chi connectivity index (χ2v) is 7.02. The fourth-order valence-electron chi connectivity index (χ4n) is 4.49. The van der Waals surface area contributed by atoms with Crippen LogP contribution in [0.4, 0.5) is 0 Å². The molecule has 4 unspecified atom stereocenters. The van der Waals surface area contributed by atoms with E-state index in [0.717, 1.165) is 30.6 Å². The van der Waals surface area contributed by atoms with Crippen molar-refractivity contribution < 1.29 is 0 Å². The number of hydrogen-bond acceptors (Lipinski definition) is 1. The highest BCUT2D eigenvalue weighted by Gasteiger charge is 2.42. The minimum absolute atomic E-state index is 0.0104. The lowest BCUT2D eigenvalue weighted by Crippen LogP contribution is -2.44. The predicted molar refractivity (Wildman–Crippen MR) is 80.9 cm³/mol. The van der Waals surface area contributed by atoms with Gasteiger partial charge in [-0.15, -0.1) is 0 Å². The van der Waals surface area contributed by atoms with Crippen LogP contribution in [0.2, 0.25) is 0 Å². The van der Waals surface area contributed by atoms with Gasteiger partial charge in [0, 0.05) is 5.54 Å². The molecule has 0 amide bonds. The lowest BCUT2D eigenvalue weighted by molar-refractivity contribution is 0.234. The van der Waals surface area contributed by atoms with Gasteiger partial charge in [-0.2, -0.15) is 0 Å². The van der Waals surface area contributed by atoms with Crippen molar-refractivity contribution in [3.63, 3.8) is 0 Å². The van der Waals surface area contributed by atoms with Gasteiger partial charge < -0.3 is 5.73 Å². The molecule has 0 saturated heterocycles. The highest BCUT2D eigenvalue weighted by molar-refractivity contribution is 5.18. The molecular weight excluding hydrogens is 230 g/mol. The number of fused-ring (bicyclic) bond motifs is 2. The third-order valence-corrected chi connectivity index (χ3v) is 5.66. The highest BCUT2D eigenvalue weighted by Crippen LogP contribution is 2.51. The number of rotatable bonds is 5. The number of nitrogens with two attached hydrogens (primary N) is 1. The van der Waals surface area contributed by atoms with Crippen molar-refractivity contribution in [2.45, 2.75) is 57.4 Å². The van der Waals surface area contributed by atoms with Gasteiger partial charge in [0.05, 0.1) is 0 Å². The van der Waals surface area contributed by atoms with E-state index in [1.54, 1.807) is 0 Å². The van der Waals surface area contributed by atoms with Gasteiger partial charge in [0.2, 0.25) is 0 Å². The van der Waals surface area contributed by atoms with Crippen molar-refractivity contribution in [3.05, 3.63) is 35.9 Å². The Morgan fingerprint density at radius 1 is 1.16 bits per heavy atom. The van der Waals surface area contributed by atoms with Crippen molar-refractivity contribution in [2.75, 3.05) is 0 Å². The van der Waals surface area contributed by atoms with E-state index in [4.69, 9.17) is 5.73 Å². The fraction of sp³-hybridized carbons (Fsp3) is 0.667. The molecule has 0 radical (unpaired) electrons. The smallest absolute Gasteiger partial charge is 0.0195 e. The second kappa shape index (κ2) is 5.28. The first-order valence-corrected chi connectivity index (χ1v) is 8.01. The second-order valence-electron chi connectivity index (χ2n) is 7.02. The van der Waals surface area contributed by atoms with Crippen LogP contribution in [0.3, 0.4) is 0 Å². The van der Waals surface area contributed by atoms with Crippen LogP contribution in [0.15, 0.2) is 30.3 Å². The number of hydrogen-bond donors (Lipinski definition) is 1. The quantitative estimate of drug-likeness (QED) is 0.842. The summed E-state index contributed by atoms with van der Waals surface area (Å²) in [6, 6.07) is 10.8. The van der Waals surface area contributed by atoms with Crippen molar-refractivity contribution >= 4 is 0 Å². The molecule has 1 nitrogen and oxygen atoms in total. The number of benzene rings is 1. The summed E-state index contributed by atoms with van der Waals surface area (Å²) in [5, 5.41) is 0. The maximum atomic E-state index is 6.74.